The van der Waals surface area contributed by atoms with Crippen LogP contribution in [0.5, 0.6) is 0 Å². The minimum Gasteiger partial charge on any atom is -0.379 e. The molecule has 1 heterocycles. The van der Waals surface area contributed by atoms with Crippen molar-refractivity contribution in [1.29, 1.82) is 0 Å². The van der Waals surface area contributed by atoms with Crippen LogP contribution in [0.25, 0.3) is 0 Å². The quantitative estimate of drug-likeness (QED) is 0.764. The summed E-state index contributed by atoms with van der Waals surface area (Å²) in [6, 6.07) is 0.429. The first kappa shape index (κ1) is 9.93. The number of ether oxygens (including phenoxy) is 1. The Balaban J connectivity index is 2.34. The normalized spacial score (nSPS) is 27.0. The first-order valence-electron chi connectivity index (χ1n) is 5.03. The molecule has 1 aliphatic carbocycles. The van der Waals surface area contributed by atoms with Gasteiger partial charge >= 0.3 is 0 Å². The summed E-state index contributed by atoms with van der Waals surface area (Å²) >= 11 is 5.26. The van der Waals surface area contributed by atoms with Gasteiger partial charge in [-0.25, -0.2) is 0 Å². The molecule has 78 valence electrons. The monoisotopic (exact) mass is 212 g/mol. The van der Waals surface area contributed by atoms with Gasteiger partial charge in [-0.15, -0.1) is 0 Å². The molecule has 1 N–H and O–H groups in total. The zero-order valence-corrected chi connectivity index (χ0v) is 9.43. The summed E-state index contributed by atoms with van der Waals surface area (Å²) in [6.45, 7) is 2.08. The molecule has 0 radical (unpaired) electrons. The molecule has 1 fully saturated rings. The van der Waals surface area contributed by atoms with Gasteiger partial charge in [0.2, 0.25) is 0 Å². The average Bonchev–Trinajstić information content (AvgIpc) is 2.73. The highest BCUT2D eigenvalue weighted by molar-refractivity contribution is 7.71. The van der Waals surface area contributed by atoms with E-state index in [4.69, 9.17) is 17.0 Å². The van der Waals surface area contributed by atoms with E-state index in [1.54, 1.807) is 7.11 Å². The Kier molecular flexibility index (Phi) is 2.74. The number of H-pyrrole nitrogens is 1. The second-order valence-electron chi connectivity index (χ2n) is 3.88. The van der Waals surface area contributed by atoms with E-state index >= 15 is 0 Å². The summed E-state index contributed by atoms with van der Waals surface area (Å²) in [5, 5.41) is 0. The highest BCUT2D eigenvalue weighted by Crippen LogP contribution is 2.33. The van der Waals surface area contributed by atoms with Crippen LogP contribution in [0.1, 0.15) is 31.0 Å². The molecule has 1 aromatic heterocycles. The lowest BCUT2D eigenvalue weighted by Crippen LogP contribution is -2.21. The smallest absolute Gasteiger partial charge is 0.177 e. The Morgan fingerprint density at radius 3 is 2.93 bits per heavy atom. The zero-order valence-electron chi connectivity index (χ0n) is 8.62. The number of nitrogens with zero attached hydrogens (tertiary/aromatic N) is 1. The van der Waals surface area contributed by atoms with Crippen LogP contribution in [0.3, 0.4) is 0 Å². The second-order valence-corrected chi connectivity index (χ2v) is 4.26. The zero-order chi connectivity index (χ0) is 10.1. The summed E-state index contributed by atoms with van der Waals surface area (Å²) in [5.41, 5.74) is 1.20. The number of hydrogen-bond donors (Lipinski definition) is 1. The minimum atomic E-state index is 0.330. The SMILES string of the molecule is COC1CCCC1n1c(C)c[nH]c1=S. The molecule has 2 unspecified atom stereocenters. The molecule has 0 bridgehead atoms. The summed E-state index contributed by atoms with van der Waals surface area (Å²) < 4.78 is 8.48. The van der Waals surface area contributed by atoms with Crippen LogP contribution in [-0.4, -0.2) is 22.8 Å². The Morgan fingerprint density at radius 2 is 2.36 bits per heavy atom. The van der Waals surface area contributed by atoms with Gasteiger partial charge in [0.1, 0.15) is 0 Å². The van der Waals surface area contributed by atoms with Crippen LogP contribution < -0.4 is 0 Å². The molecule has 2 rings (SSSR count). The molecule has 4 heteroatoms. The highest BCUT2D eigenvalue weighted by Gasteiger charge is 2.29. The number of rotatable bonds is 2. The van der Waals surface area contributed by atoms with Crippen molar-refractivity contribution in [1.82, 2.24) is 9.55 Å². The second kappa shape index (κ2) is 3.87. The molecule has 2 atom stereocenters. The lowest BCUT2D eigenvalue weighted by Gasteiger charge is -2.20. The lowest BCUT2D eigenvalue weighted by atomic mass is 10.2. The van der Waals surface area contributed by atoms with E-state index in [0.717, 1.165) is 11.2 Å². The van der Waals surface area contributed by atoms with Crippen LogP contribution in [0.2, 0.25) is 0 Å². The first-order valence-corrected chi connectivity index (χ1v) is 5.44. The minimum absolute atomic E-state index is 0.330. The molecule has 1 aliphatic rings. The van der Waals surface area contributed by atoms with Crippen molar-refractivity contribution in [3.05, 3.63) is 16.7 Å². The number of aromatic nitrogens is 2. The van der Waals surface area contributed by atoms with Gasteiger partial charge < -0.3 is 14.3 Å². The van der Waals surface area contributed by atoms with Crippen LogP contribution in [-0.2, 0) is 4.74 Å². The summed E-state index contributed by atoms with van der Waals surface area (Å²) in [6.07, 6.45) is 5.85. The summed E-state index contributed by atoms with van der Waals surface area (Å²) in [5.74, 6) is 0. The molecule has 1 aromatic rings. The van der Waals surface area contributed by atoms with Crippen molar-refractivity contribution in [3.63, 3.8) is 0 Å². The fourth-order valence-corrected chi connectivity index (χ4v) is 2.69. The molecule has 0 aliphatic heterocycles. The van der Waals surface area contributed by atoms with E-state index in [2.05, 4.69) is 16.5 Å². The average molecular weight is 212 g/mol. The maximum Gasteiger partial charge on any atom is 0.177 e. The highest BCUT2D eigenvalue weighted by atomic mass is 32.1. The Labute approximate surface area is 89.1 Å². The number of aromatic amines is 1. The summed E-state index contributed by atoms with van der Waals surface area (Å²) in [4.78, 5) is 3.08. The van der Waals surface area contributed by atoms with Gasteiger partial charge in [0.25, 0.3) is 0 Å². The predicted molar refractivity (Wildman–Crippen MR) is 58.0 cm³/mol. The van der Waals surface area contributed by atoms with Crippen molar-refractivity contribution in [3.8, 4) is 0 Å². The van der Waals surface area contributed by atoms with Gasteiger partial charge in [0, 0.05) is 19.0 Å². The maximum atomic E-state index is 5.48. The van der Waals surface area contributed by atoms with Crippen molar-refractivity contribution < 1.29 is 4.74 Å². The van der Waals surface area contributed by atoms with E-state index in [0.29, 0.717) is 12.1 Å². The molecule has 14 heavy (non-hydrogen) atoms. The van der Waals surface area contributed by atoms with E-state index in [1.165, 1.54) is 18.5 Å². The third-order valence-electron chi connectivity index (χ3n) is 3.06. The van der Waals surface area contributed by atoms with Crippen molar-refractivity contribution in [2.24, 2.45) is 0 Å². The third kappa shape index (κ3) is 1.53. The number of hydrogen-bond acceptors (Lipinski definition) is 2. The van der Waals surface area contributed by atoms with Gasteiger partial charge in [-0.1, -0.05) is 0 Å². The number of imidazole rings is 1. The fourth-order valence-electron chi connectivity index (χ4n) is 2.35. The molecule has 0 spiro atoms. The molecular formula is C10H16N2OS. The van der Waals surface area contributed by atoms with Crippen LogP contribution in [0, 0.1) is 11.7 Å². The van der Waals surface area contributed by atoms with Gasteiger partial charge in [-0.2, -0.15) is 0 Å². The van der Waals surface area contributed by atoms with Crippen LogP contribution in [0.4, 0.5) is 0 Å². The van der Waals surface area contributed by atoms with Crippen molar-refractivity contribution >= 4 is 12.2 Å². The molecule has 0 aromatic carbocycles. The van der Waals surface area contributed by atoms with Crippen molar-refractivity contribution in [2.45, 2.75) is 38.3 Å². The Hall–Kier alpha value is -0.610. The molecular weight excluding hydrogens is 196 g/mol. The first-order chi connectivity index (χ1) is 6.74. The lowest BCUT2D eigenvalue weighted by molar-refractivity contribution is 0.0739. The molecule has 3 nitrogen and oxygen atoms in total. The topological polar surface area (TPSA) is 29.9 Å². The fraction of sp³-hybridized carbons (Fsp3) is 0.700. The Morgan fingerprint density at radius 1 is 1.57 bits per heavy atom. The molecule has 0 saturated heterocycles. The predicted octanol–water partition coefficient (Wildman–Crippen LogP) is 2.59. The largest absolute Gasteiger partial charge is 0.379 e. The Bertz CT molecular complexity index is 368. The number of aryl methyl sites for hydroxylation is 1. The third-order valence-corrected chi connectivity index (χ3v) is 3.37. The van der Waals surface area contributed by atoms with E-state index in [9.17, 15) is 0 Å². The van der Waals surface area contributed by atoms with Gasteiger partial charge in [0.15, 0.2) is 4.77 Å². The van der Waals surface area contributed by atoms with E-state index in [1.807, 2.05) is 6.20 Å². The van der Waals surface area contributed by atoms with Gasteiger partial charge in [-0.05, 0) is 38.4 Å². The standard InChI is InChI=1S/C10H16N2OS/c1-7-6-11-10(14)12(7)8-4-3-5-9(8)13-2/h6,8-9H,3-5H2,1-2H3,(H,11,14). The van der Waals surface area contributed by atoms with Crippen molar-refractivity contribution in [2.75, 3.05) is 7.11 Å². The number of methoxy groups -OCH3 is 1. The van der Waals surface area contributed by atoms with Gasteiger partial charge in [0.05, 0.1) is 12.1 Å². The molecule has 1 saturated carbocycles. The van der Waals surface area contributed by atoms with E-state index < -0.39 is 0 Å². The maximum absolute atomic E-state index is 5.48. The summed E-state index contributed by atoms with van der Waals surface area (Å²) in [7, 11) is 1.79. The van der Waals surface area contributed by atoms with E-state index in [-0.39, 0.29) is 0 Å². The van der Waals surface area contributed by atoms with Crippen LogP contribution in [0.15, 0.2) is 6.20 Å². The van der Waals surface area contributed by atoms with Gasteiger partial charge in [-0.3, -0.25) is 0 Å². The number of nitrogens with one attached hydrogen (secondary N) is 1. The van der Waals surface area contributed by atoms with Crippen LogP contribution >= 0.6 is 12.2 Å². The molecule has 0 amide bonds.